The summed E-state index contributed by atoms with van der Waals surface area (Å²) in [7, 11) is -3.64. The highest BCUT2D eigenvalue weighted by molar-refractivity contribution is 7.89. The molecule has 4 rings (SSSR count). The van der Waals surface area contributed by atoms with Crippen LogP contribution in [0.1, 0.15) is 22.3 Å². The van der Waals surface area contributed by atoms with Crippen LogP contribution in [0.15, 0.2) is 71.6 Å². The van der Waals surface area contributed by atoms with Crippen LogP contribution in [0.3, 0.4) is 0 Å². The summed E-state index contributed by atoms with van der Waals surface area (Å²) in [5.74, 6) is 0.370. The van der Waals surface area contributed by atoms with Gasteiger partial charge in [0.1, 0.15) is 18.2 Å². The maximum absolute atomic E-state index is 13.7. The first-order chi connectivity index (χ1) is 14.9. The van der Waals surface area contributed by atoms with Crippen molar-refractivity contribution < 1.29 is 22.3 Å². The van der Waals surface area contributed by atoms with E-state index in [4.69, 9.17) is 9.47 Å². The molecule has 0 atom stereocenters. The van der Waals surface area contributed by atoms with Crippen molar-refractivity contribution in [3.8, 4) is 5.75 Å². The lowest BCUT2D eigenvalue weighted by Crippen LogP contribution is -2.32. The third kappa shape index (κ3) is 4.95. The van der Waals surface area contributed by atoms with Crippen LogP contribution in [0.4, 0.5) is 4.39 Å². The van der Waals surface area contributed by atoms with Crippen LogP contribution < -0.4 is 4.74 Å². The molecule has 0 radical (unpaired) electrons. The summed E-state index contributed by atoms with van der Waals surface area (Å²) in [6.45, 7) is 3.08. The lowest BCUT2D eigenvalue weighted by Gasteiger charge is -2.20. The van der Waals surface area contributed by atoms with Crippen molar-refractivity contribution >= 4 is 10.0 Å². The van der Waals surface area contributed by atoms with E-state index in [2.05, 4.69) is 0 Å². The zero-order valence-electron chi connectivity index (χ0n) is 17.3. The average molecular weight is 442 g/mol. The van der Waals surface area contributed by atoms with Crippen molar-refractivity contribution in [2.45, 2.75) is 31.6 Å². The van der Waals surface area contributed by atoms with Crippen LogP contribution in [0.25, 0.3) is 0 Å². The minimum Gasteiger partial charge on any atom is -0.492 e. The Hall–Kier alpha value is -2.74. The number of nitrogens with zero attached hydrogens (tertiary/aromatic N) is 1. The summed E-state index contributed by atoms with van der Waals surface area (Å²) in [5.41, 5.74) is 3.03. The van der Waals surface area contributed by atoms with Gasteiger partial charge in [-0.3, -0.25) is 0 Å². The van der Waals surface area contributed by atoms with E-state index in [0.717, 1.165) is 16.7 Å². The Balaban J connectivity index is 1.49. The number of benzene rings is 3. The first kappa shape index (κ1) is 21.5. The van der Waals surface area contributed by atoms with Gasteiger partial charge in [-0.15, -0.1) is 0 Å². The van der Waals surface area contributed by atoms with Gasteiger partial charge in [-0.05, 0) is 48.4 Å². The van der Waals surface area contributed by atoms with Crippen molar-refractivity contribution in [1.29, 1.82) is 0 Å². The molecule has 0 unspecified atom stereocenters. The quantitative estimate of drug-likeness (QED) is 0.568. The highest BCUT2D eigenvalue weighted by atomic mass is 32.2. The lowest BCUT2D eigenvalue weighted by molar-refractivity contribution is 0.105. The highest BCUT2D eigenvalue weighted by Crippen LogP contribution is 2.28. The molecule has 3 aromatic rings. The van der Waals surface area contributed by atoms with Gasteiger partial charge in [0.25, 0.3) is 0 Å². The van der Waals surface area contributed by atoms with Crippen molar-refractivity contribution in [2.24, 2.45) is 0 Å². The van der Waals surface area contributed by atoms with Crippen LogP contribution in [0, 0.1) is 12.7 Å². The van der Waals surface area contributed by atoms with Crippen LogP contribution in [-0.4, -0.2) is 25.9 Å². The number of sulfonamides is 1. The molecule has 1 aliphatic rings. The normalized spacial score (nSPS) is 14.5. The molecule has 0 aliphatic carbocycles. The molecule has 0 N–H and O–H groups in total. The Morgan fingerprint density at radius 1 is 1.03 bits per heavy atom. The molecule has 0 fully saturated rings. The number of aryl methyl sites for hydroxylation is 1. The number of fused-ring (bicyclic) bond motifs is 1. The molecule has 0 spiro atoms. The molecule has 5 nitrogen and oxygen atoms in total. The Morgan fingerprint density at radius 3 is 2.68 bits per heavy atom. The second-order valence-corrected chi connectivity index (χ2v) is 9.47. The summed E-state index contributed by atoms with van der Waals surface area (Å²) < 4.78 is 53.0. The van der Waals surface area contributed by atoms with Gasteiger partial charge in [-0.2, -0.15) is 4.31 Å². The monoisotopic (exact) mass is 441 g/mol. The average Bonchev–Trinajstić information content (AvgIpc) is 2.98. The van der Waals surface area contributed by atoms with Crippen LogP contribution in [0.2, 0.25) is 0 Å². The Labute approximate surface area is 182 Å². The van der Waals surface area contributed by atoms with Gasteiger partial charge in [0.05, 0.1) is 18.1 Å². The van der Waals surface area contributed by atoms with E-state index in [-0.39, 0.29) is 43.6 Å². The third-order valence-corrected chi connectivity index (χ3v) is 7.02. The molecule has 0 bridgehead atoms. The van der Waals surface area contributed by atoms with E-state index in [1.54, 1.807) is 36.4 Å². The fourth-order valence-electron chi connectivity index (χ4n) is 3.54. The molecule has 3 aromatic carbocycles. The predicted octanol–water partition coefficient (Wildman–Crippen LogP) is 4.43. The SMILES string of the molecule is Cc1cccc(S(=O)(=O)N2CCOc3ccc(COCc4ccccc4F)cc3C2)c1. The van der Waals surface area contributed by atoms with Gasteiger partial charge in [0.15, 0.2) is 0 Å². The maximum atomic E-state index is 13.7. The molecule has 1 heterocycles. The number of ether oxygens (including phenoxy) is 2. The number of hydrogen-bond donors (Lipinski definition) is 0. The van der Waals surface area contributed by atoms with E-state index >= 15 is 0 Å². The molecule has 0 aromatic heterocycles. The maximum Gasteiger partial charge on any atom is 0.243 e. The first-order valence-electron chi connectivity index (χ1n) is 10.1. The zero-order chi connectivity index (χ0) is 21.8. The molecular weight excluding hydrogens is 417 g/mol. The highest BCUT2D eigenvalue weighted by Gasteiger charge is 2.28. The molecule has 0 saturated carbocycles. The fourth-order valence-corrected chi connectivity index (χ4v) is 5.05. The molecule has 7 heteroatoms. The van der Waals surface area contributed by atoms with Crippen LogP contribution in [0.5, 0.6) is 5.75 Å². The Bertz CT molecular complexity index is 1180. The van der Waals surface area contributed by atoms with Gasteiger partial charge < -0.3 is 9.47 Å². The summed E-state index contributed by atoms with van der Waals surface area (Å²) in [5, 5.41) is 0. The van der Waals surface area contributed by atoms with Gasteiger partial charge in [-0.25, -0.2) is 12.8 Å². The van der Waals surface area contributed by atoms with Gasteiger partial charge >= 0.3 is 0 Å². The number of hydrogen-bond acceptors (Lipinski definition) is 4. The topological polar surface area (TPSA) is 55.8 Å². The number of rotatable bonds is 6. The van der Waals surface area contributed by atoms with Crippen LogP contribution in [-0.2, 0) is 34.5 Å². The first-order valence-corrected chi connectivity index (χ1v) is 11.5. The van der Waals surface area contributed by atoms with Crippen LogP contribution >= 0.6 is 0 Å². The summed E-state index contributed by atoms with van der Waals surface area (Å²) in [4.78, 5) is 0.278. The van der Waals surface area contributed by atoms with E-state index < -0.39 is 10.0 Å². The number of halogens is 1. The minimum absolute atomic E-state index is 0.161. The van der Waals surface area contributed by atoms with E-state index in [1.807, 2.05) is 31.2 Å². The van der Waals surface area contributed by atoms with E-state index in [1.165, 1.54) is 10.4 Å². The predicted molar refractivity (Wildman–Crippen MR) is 116 cm³/mol. The van der Waals surface area contributed by atoms with Gasteiger partial charge in [-0.1, -0.05) is 36.4 Å². The van der Waals surface area contributed by atoms with Crippen molar-refractivity contribution in [1.82, 2.24) is 4.31 Å². The molecule has 0 saturated heterocycles. The van der Waals surface area contributed by atoms with Crippen molar-refractivity contribution in [3.63, 3.8) is 0 Å². The Morgan fingerprint density at radius 2 is 1.87 bits per heavy atom. The second-order valence-electron chi connectivity index (χ2n) is 7.53. The van der Waals surface area contributed by atoms with Crippen molar-refractivity contribution in [3.05, 3.63) is 94.8 Å². The molecule has 31 heavy (non-hydrogen) atoms. The van der Waals surface area contributed by atoms with Crippen molar-refractivity contribution in [2.75, 3.05) is 13.2 Å². The van der Waals surface area contributed by atoms with Gasteiger partial charge in [0.2, 0.25) is 10.0 Å². The van der Waals surface area contributed by atoms with Gasteiger partial charge in [0, 0.05) is 24.2 Å². The zero-order valence-corrected chi connectivity index (χ0v) is 18.1. The standard InChI is InChI=1S/C24H24FNO4S/c1-18-5-4-7-22(13-18)31(27,28)26-11-12-30-24-10-9-19(14-21(24)15-26)16-29-17-20-6-2-3-8-23(20)25/h2-10,13-14H,11-12,15-17H2,1H3. The summed E-state index contributed by atoms with van der Waals surface area (Å²) in [6.07, 6.45) is 0. The molecular formula is C24H24FNO4S. The molecule has 162 valence electrons. The molecule has 1 aliphatic heterocycles. The lowest BCUT2D eigenvalue weighted by atomic mass is 10.1. The fraction of sp³-hybridized carbons (Fsp3) is 0.250. The smallest absolute Gasteiger partial charge is 0.243 e. The third-order valence-electron chi connectivity index (χ3n) is 5.18. The molecule has 0 amide bonds. The second kappa shape index (κ2) is 9.18. The summed E-state index contributed by atoms with van der Waals surface area (Å²) in [6, 6.07) is 19.0. The minimum atomic E-state index is -3.64. The van der Waals surface area contributed by atoms with E-state index in [9.17, 15) is 12.8 Å². The van der Waals surface area contributed by atoms with E-state index in [0.29, 0.717) is 11.3 Å². The summed E-state index contributed by atoms with van der Waals surface area (Å²) >= 11 is 0. The largest absolute Gasteiger partial charge is 0.492 e. The Kier molecular flexibility index (Phi) is 6.36.